The highest BCUT2D eigenvalue weighted by molar-refractivity contribution is 5.91. The number of furan rings is 1. The van der Waals surface area contributed by atoms with Crippen molar-refractivity contribution in [2.24, 2.45) is 4.99 Å². The molecule has 2 amide bonds. The first-order valence-corrected chi connectivity index (χ1v) is 10.4. The van der Waals surface area contributed by atoms with Crippen LogP contribution in [0.15, 0.2) is 52.1 Å². The van der Waals surface area contributed by atoms with Crippen LogP contribution in [-0.4, -0.2) is 73.4 Å². The summed E-state index contributed by atoms with van der Waals surface area (Å²) in [7, 11) is 0. The lowest BCUT2D eigenvalue weighted by molar-refractivity contribution is -0.120. The van der Waals surface area contributed by atoms with E-state index in [1.807, 2.05) is 6.92 Å². The summed E-state index contributed by atoms with van der Waals surface area (Å²) < 4.78 is 18.4. The van der Waals surface area contributed by atoms with Gasteiger partial charge in [0.15, 0.2) is 11.7 Å². The lowest BCUT2D eigenvalue weighted by atomic mass is 10.1. The van der Waals surface area contributed by atoms with E-state index in [2.05, 4.69) is 20.5 Å². The molecule has 8 nitrogen and oxygen atoms in total. The van der Waals surface area contributed by atoms with Gasteiger partial charge in [0.05, 0.1) is 19.2 Å². The van der Waals surface area contributed by atoms with Crippen molar-refractivity contribution in [3.05, 3.63) is 59.8 Å². The van der Waals surface area contributed by atoms with E-state index in [1.165, 1.54) is 18.4 Å². The zero-order valence-electron chi connectivity index (χ0n) is 17.6. The SMILES string of the molecule is CCNC(=NCCNC(=O)Cc1cccc(F)c1)N1CCN(C(=O)c2ccco2)CC1. The fourth-order valence-electron chi connectivity index (χ4n) is 3.36. The average Bonchev–Trinajstić information content (AvgIpc) is 3.30. The molecule has 0 radical (unpaired) electrons. The second-order valence-corrected chi connectivity index (χ2v) is 7.15. The van der Waals surface area contributed by atoms with E-state index < -0.39 is 0 Å². The van der Waals surface area contributed by atoms with Crippen LogP contribution in [0.1, 0.15) is 23.0 Å². The van der Waals surface area contributed by atoms with E-state index in [4.69, 9.17) is 4.42 Å². The zero-order valence-corrected chi connectivity index (χ0v) is 17.6. The van der Waals surface area contributed by atoms with Crippen molar-refractivity contribution in [2.75, 3.05) is 45.8 Å². The summed E-state index contributed by atoms with van der Waals surface area (Å²) in [6, 6.07) is 9.40. The minimum absolute atomic E-state index is 0.104. The van der Waals surface area contributed by atoms with Gasteiger partial charge in [0.1, 0.15) is 5.82 Å². The normalized spacial score (nSPS) is 14.5. The van der Waals surface area contributed by atoms with E-state index in [0.29, 0.717) is 50.6 Å². The fourth-order valence-corrected chi connectivity index (χ4v) is 3.36. The first kappa shape index (κ1) is 22.3. The Morgan fingerprint density at radius 3 is 2.55 bits per heavy atom. The van der Waals surface area contributed by atoms with Crippen LogP contribution in [-0.2, 0) is 11.2 Å². The first-order valence-electron chi connectivity index (χ1n) is 10.4. The van der Waals surface area contributed by atoms with Gasteiger partial charge in [0, 0.05) is 39.3 Å². The number of rotatable bonds is 7. The maximum absolute atomic E-state index is 13.2. The molecule has 0 saturated carbocycles. The third kappa shape index (κ3) is 6.56. The minimum atomic E-state index is -0.351. The molecule has 3 rings (SSSR count). The molecular weight excluding hydrogens is 401 g/mol. The molecule has 0 bridgehead atoms. The summed E-state index contributed by atoms with van der Waals surface area (Å²) >= 11 is 0. The molecule has 31 heavy (non-hydrogen) atoms. The smallest absolute Gasteiger partial charge is 0.289 e. The van der Waals surface area contributed by atoms with Gasteiger partial charge in [-0.3, -0.25) is 14.6 Å². The van der Waals surface area contributed by atoms with Crippen molar-refractivity contribution in [1.82, 2.24) is 20.4 Å². The van der Waals surface area contributed by atoms with E-state index in [9.17, 15) is 14.0 Å². The molecule has 0 atom stereocenters. The second-order valence-electron chi connectivity index (χ2n) is 7.15. The number of carbonyl (C=O) groups excluding carboxylic acids is 2. The van der Waals surface area contributed by atoms with Gasteiger partial charge in [-0.05, 0) is 36.8 Å². The molecule has 166 valence electrons. The molecule has 1 fully saturated rings. The molecule has 0 unspecified atom stereocenters. The molecule has 9 heteroatoms. The number of nitrogens with one attached hydrogen (secondary N) is 2. The van der Waals surface area contributed by atoms with E-state index in [-0.39, 0.29) is 24.1 Å². The van der Waals surface area contributed by atoms with Crippen LogP contribution in [0, 0.1) is 5.82 Å². The number of nitrogens with zero attached hydrogens (tertiary/aromatic N) is 3. The molecule has 0 aliphatic carbocycles. The third-order valence-electron chi connectivity index (χ3n) is 4.88. The highest BCUT2D eigenvalue weighted by Gasteiger charge is 2.25. The molecule has 2 aromatic rings. The summed E-state index contributed by atoms with van der Waals surface area (Å²) in [6.07, 6.45) is 1.63. The monoisotopic (exact) mass is 429 g/mol. The largest absolute Gasteiger partial charge is 0.459 e. The van der Waals surface area contributed by atoms with Crippen LogP contribution >= 0.6 is 0 Å². The summed E-state index contributed by atoms with van der Waals surface area (Å²) in [5.41, 5.74) is 0.635. The van der Waals surface area contributed by atoms with Crippen molar-refractivity contribution < 1.29 is 18.4 Å². The fraction of sp³-hybridized carbons (Fsp3) is 0.409. The van der Waals surface area contributed by atoms with Crippen molar-refractivity contribution in [2.45, 2.75) is 13.3 Å². The number of hydrogen-bond donors (Lipinski definition) is 2. The van der Waals surface area contributed by atoms with Gasteiger partial charge < -0.3 is 24.9 Å². The number of halogens is 1. The number of benzene rings is 1. The number of piperazine rings is 1. The molecule has 1 saturated heterocycles. The standard InChI is InChI=1S/C22H28FN5O3/c1-2-24-22(26-9-8-25-20(29)16-17-5-3-6-18(23)15-17)28-12-10-27(11-13-28)21(30)19-7-4-14-31-19/h3-7,14-15H,2,8-13,16H2,1H3,(H,24,26)(H,25,29). The molecule has 1 aromatic carbocycles. The molecule has 0 spiro atoms. The Morgan fingerprint density at radius 1 is 1.10 bits per heavy atom. The maximum Gasteiger partial charge on any atom is 0.289 e. The average molecular weight is 429 g/mol. The predicted octanol–water partition coefficient (Wildman–Crippen LogP) is 1.50. The lowest BCUT2D eigenvalue weighted by Crippen LogP contribution is -2.53. The summed E-state index contributed by atoms with van der Waals surface area (Å²) in [4.78, 5) is 32.9. The van der Waals surface area contributed by atoms with Crippen LogP contribution < -0.4 is 10.6 Å². The van der Waals surface area contributed by atoms with E-state index in [0.717, 1.165) is 12.5 Å². The van der Waals surface area contributed by atoms with E-state index in [1.54, 1.807) is 29.2 Å². The second kappa shape index (κ2) is 11.1. The van der Waals surface area contributed by atoms with Crippen LogP contribution in [0.3, 0.4) is 0 Å². The summed E-state index contributed by atoms with van der Waals surface area (Å²) in [6.45, 7) is 5.99. The Balaban J connectivity index is 1.44. The Kier molecular flexibility index (Phi) is 8.03. The van der Waals surface area contributed by atoms with Crippen molar-refractivity contribution in [3.63, 3.8) is 0 Å². The Morgan fingerprint density at radius 2 is 1.87 bits per heavy atom. The van der Waals surface area contributed by atoms with Gasteiger partial charge in [0.25, 0.3) is 5.91 Å². The number of amides is 2. The van der Waals surface area contributed by atoms with Crippen LogP contribution in [0.4, 0.5) is 4.39 Å². The quantitative estimate of drug-likeness (QED) is 0.396. The van der Waals surface area contributed by atoms with Crippen LogP contribution in [0.5, 0.6) is 0 Å². The highest BCUT2D eigenvalue weighted by Crippen LogP contribution is 2.09. The summed E-state index contributed by atoms with van der Waals surface area (Å²) in [5, 5.41) is 6.07. The van der Waals surface area contributed by atoms with Gasteiger partial charge in [-0.15, -0.1) is 0 Å². The molecule has 1 aliphatic rings. The van der Waals surface area contributed by atoms with Crippen LogP contribution in [0.25, 0.3) is 0 Å². The van der Waals surface area contributed by atoms with Crippen molar-refractivity contribution in [1.29, 1.82) is 0 Å². The Labute approximate surface area is 181 Å². The predicted molar refractivity (Wildman–Crippen MR) is 115 cm³/mol. The van der Waals surface area contributed by atoms with Gasteiger partial charge in [-0.2, -0.15) is 0 Å². The highest BCUT2D eigenvalue weighted by atomic mass is 19.1. The van der Waals surface area contributed by atoms with Gasteiger partial charge in [-0.25, -0.2) is 4.39 Å². The number of guanidine groups is 1. The molecule has 1 aliphatic heterocycles. The molecule has 2 N–H and O–H groups in total. The number of carbonyl (C=O) groups is 2. The third-order valence-corrected chi connectivity index (χ3v) is 4.88. The molecule has 1 aromatic heterocycles. The first-order chi connectivity index (χ1) is 15.1. The van der Waals surface area contributed by atoms with Gasteiger partial charge in [-0.1, -0.05) is 12.1 Å². The Bertz CT molecular complexity index is 892. The van der Waals surface area contributed by atoms with E-state index >= 15 is 0 Å². The van der Waals surface area contributed by atoms with Crippen LogP contribution in [0.2, 0.25) is 0 Å². The number of aliphatic imine (C=N–C) groups is 1. The van der Waals surface area contributed by atoms with Crippen molar-refractivity contribution in [3.8, 4) is 0 Å². The lowest BCUT2D eigenvalue weighted by Gasteiger charge is -2.36. The summed E-state index contributed by atoms with van der Waals surface area (Å²) in [5.74, 6) is 0.481. The van der Waals surface area contributed by atoms with Crippen molar-refractivity contribution >= 4 is 17.8 Å². The number of hydrogen-bond acceptors (Lipinski definition) is 4. The van der Waals surface area contributed by atoms with Gasteiger partial charge >= 0.3 is 0 Å². The Hall–Kier alpha value is -3.36. The maximum atomic E-state index is 13.2. The molecular formula is C22H28FN5O3. The van der Waals surface area contributed by atoms with Gasteiger partial charge in [0.2, 0.25) is 5.91 Å². The topological polar surface area (TPSA) is 90.2 Å². The molecule has 2 heterocycles. The minimum Gasteiger partial charge on any atom is -0.459 e. The zero-order chi connectivity index (χ0) is 22.1.